The van der Waals surface area contributed by atoms with Crippen LogP contribution in [0.3, 0.4) is 0 Å². The lowest BCUT2D eigenvalue weighted by Gasteiger charge is -2.27. The Labute approximate surface area is 101 Å². The highest BCUT2D eigenvalue weighted by Crippen LogP contribution is 2.22. The van der Waals surface area contributed by atoms with Gasteiger partial charge in [0.15, 0.2) is 0 Å². The molecule has 0 heterocycles. The van der Waals surface area contributed by atoms with Gasteiger partial charge in [0, 0.05) is 13.0 Å². The van der Waals surface area contributed by atoms with Crippen molar-refractivity contribution in [2.45, 2.75) is 72.8 Å². The third-order valence-electron chi connectivity index (χ3n) is 2.65. The number of Topliss-reactive ketones (excluding diaryl/α,β-unsaturated/α-hetero) is 1. The van der Waals surface area contributed by atoms with Crippen LogP contribution in [0.25, 0.3) is 0 Å². The van der Waals surface area contributed by atoms with Crippen molar-refractivity contribution in [3.63, 3.8) is 0 Å². The van der Waals surface area contributed by atoms with Crippen molar-refractivity contribution in [2.24, 2.45) is 5.41 Å². The summed E-state index contributed by atoms with van der Waals surface area (Å²) in [5.41, 5.74) is 0.232. The first kappa shape index (κ1) is 15.6. The van der Waals surface area contributed by atoms with E-state index in [2.05, 4.69) is 34.6 Å². The van der Waals surface area contributed by atoms with Crippen molar-refractivity contribution in [3.05, 3.63) is 0 Å². The summed E-state index contributed by atoms with van der Waals surface area (Å²) >= 11 is 0. The summed E-state index contributed by atoms with van der Waals surface area (Å²) in [5.74, 6) is 0.269. The van der Waals surface area contributed by atoms with Crippen LogP contribution in [0.4, 0.5) is 0 Å². The molecule has 2 heteroatoms. The SMILES string of the molecule is CC(=O)CCCC(C)(C)OCCC(C)(C)C. The van der Waals surface area contributed by atoms with E-state index in [1.165, 1.54) is 0 Å². The van der Waals surface area contributed by atoms with Gasteiger partial charge in [0.25, 0.3) is 0 Å². The normalized spacial score (nSPS) is 12.9. The van der Waals surface area contributed by atoms with Crippen molar-refractivity contribution >= 4 is 5.78 Å². The van der Waals surface area contributed by atoms with Crippen LogP contribution < -0.4 is 0 Å². The van der Waals surface area contributed by atoms with Gasteiger partial charge < -0.3 is 9.53 Å². The van der Waals surface area contributed by atoms with Gasteiger partial charge in [-0.25, -0.2) is 0 Å². The number of ether oxygens (including phenoxy) is 1. The molecule has 0 unspecified atom stereocenters. The summed E-state index contributed by atoms with van der Waals surface area (Å²) < 4.78 is 5.88. The van der Waals surface area contributed by atoms with Gasteiger partial charge in [0.05, 0.1) is 5.60 Å². The Bertz CT molecular complexity index is 211. The number of carbonyl (C=O) groups excluding carboxylic acids is 1. The van der Waals surface area contributed by atoms with Crippen LogP contribution in [0.5, 0.6) is 0 Å². The summed E-state index contributed by atoms with van der Waals surface area (Å²) in [6, 6.07) is 0. The minimum absolute atomic E-state index is 0.0965. The molecule has 0 atom stereocenters. The van der Waals surface area contributed by atoms with E-state index in [9.17, 15) is 4.79 Å². The predicted octanol–water partition coefficient (Wildman–Crippen LogP) is 3.98. The van der Waals surface area contributed by atoms with Gasteiger partial charge in [0.1, 0.15) is 5.78 Å². The van der Waals surface area contributed by atoms with Gasteiger partial charge in [-0.2, -0.15) is 0 Å². The molecular weight excluding hydrogens is 200 g/mol. The molecule has 0 aliphatic carbocycles. The fraction of sp³-hybridized carbons (Fsp3) is 0.929. The topological polar surface area (TPSA) is 26.3 Å². The first-order chi connectivity index (χ1) is 7.12. The molecule has 16 heavy (non-hydrogen) atoms. The molecule has 0 aromatic heterocycles. The number of carbonyl (C=O) groups is 1. The quantitative estimate of drug-likeness (QED) is 0.659. The van der Waals surface area contributed by atoms with Gasteiger partial charge in [-0.1, -0.05) is 20.8 Å². The van der Waals surface area contributed by atoms with Crippen molar-refractivity contribution in [1.82, 2.24) is 0 Å². The first-order valence-electron chi connectivity index (χ1n) is 6.26. The molecule has 96 valence electrons. The highest BCUT2D eigenvalue weighted by atomic mass is 16.5. The van der Waals surface area contributed by atoms with Crippen LogP contribution >= 0.6 is 0 Å². The molecule has 0 aliphatic rings. The number of hydrogen-bond acceptors (Lipinski definition) is 2. The maximum absolute atomic E-state index is 10.8. The van der Waals surface area contributed by atoms with Crippen LogP contribution in [0.1, 0.15) is 67.2 Å². The standard InChI is InChI=1S/C14H28O2/c1-12(15)8-7-9-14(5,6)16-11-10-13(2,3)4/h7-11H2,1-6H3. The molecule has 0 aromatic rings. The third kappa shape index (κ3) is 10.2. The molecule has 0 N–H and O–H groups in total. The number of ketones is 1. The first-order valence-corrected chi connectivity index (χ1v) is 6.26. The monoisotopic (exact) mass is 228 g/mol. The summed E-state index contributed by atoms with van der Waals surface area (Å²) in [5, 5.41) is 0. The second kappa shape index (κ2) is 6.39. The van der Waals surface area contributed by atoms with E-state index in [-0.39, 0.29) is 11.4 Å². The average molecular weight is 228 g/mol. The average Bonchev–Trinajstić information content (AvgIpc) is 1.99. The zero-order valence-corrected chi connectivity index (χ0v) is 11.9. The second-order valence-corrected chi connectivity index (χ2v) is 6.47. The molecule has 0 rings (SSSR count). The smallest absolute Gasteiger partial charge is 0.129 e. The van der Waals surface area contributed by atoms with Gasteiger partial charge >= 0.3 is 0 Å². The second-order valence-electron chi connectivity index (χ2n) is 6.47. The summed E-state index contributed by atoms with van der Waals surface area (Å²) in [6.07, 6.45) is 3.63. The van der Waals surface area contributed by atoms with Crippen molar-refractivity contribution < 1.29 is 9.53 Å². The minimum atomic E-state index is -0.0965. The lowest BCUT2D eigenvalue weighted by atomic mass is 9.92. The Morgan fingerprint density at radius 1 is 1.06 bits per heavy atom. The van der Waals surface area contributed by atoms with Crippen molar-refractivity contribution in [1.29, 1.82) is 0 Å². The Kier molecular flexibility index (Phi) is 6.24. The van der Waals surface area contributed by atoms with Crippen LogP contribution in [-0.2, 0) is 9.53 Å². The summed E-state index contributed by atoms with van der Waals surface area (Å²) in [7, 11) is 0. The zero-order chi connectivity index (χ0) is 12.8. The molecule has 0 spiro atoms. The Hall–Kier alpha value is -0.370. The van der Waals surface area contributed by atoms with Crippen LogP contribution in [0.2, 0.25) is 0 Å². The van der Waals surface area contributed by atoms with E-state index in [1.807, 2.05) is 0 Å². The lowest BCUT2D eigenvalue weighted by molar-refractivity contribution is -0.117. The highest BCUT2D eigenvalue weighted by molar-refractivity contribution is 5.75. The number of hydrogen-bond donors (Lipinski definition) is 0. The fourth-order valence-electron chi connectivity index (χ4n) is 1.47. The molecule has 0 saturated carbocycles. The molecule has 0 aliphatic heterocycles. The molecule has 0 fully saturated rings. The van der Waals surface area contributed by atoms with E-state index < -0.39 is 0 Å². The van der Waals surface area contributed by atoms with Gasteiger partial charge in [-0.3, -0.25) is 0 Å². The largest absolute Gasteiger partial charge is 0.376 e. The van der Waals surface area contributed by atoms with Crippen LogP contribution in [0.15, 0.2) is 0 Å². The maximum Gasteiger partial charge on any atom is 0.129 e. The molecule has 0 amide bonds. The molecule has 2 nitrogen and oxygen atoms in total. The number of rotatable bonds is 7. The molecule has 0 radical (unpaired) electrons. The zero-order valence-electron chi connectivity index (χ0n) is 11.9. The summed E-state index contributed by atoms with van der Waals surface area (Å²) in [4.78, 5) is 10.8. The molecule has 0 aromatic carbocycles. The van der Waals surface area contributed by atoms with Crippen LogP contribution in [0, 0.1) is 5.41 Å². The maximum atomic E-state index is 10.8. The Balaban J connectivity index is 3.74. The van der Waals surface area contributed by atoms with Crippen LogP contribution in [-0.4, -0.2) is 18.0 Å². The molecular formula is C14H28O2. The third-order valence-corrected chi connectivity index (χ3v) is 2.65. The Morgan fingerprint density at radius 3 is 2.06 bits per heavy atom. The predicted molar refractivity (Wildman–Crippen MR) is 68.6 cm³/mol. The van der Waals surface area contributed by atoms with Crippen molar-refractivity contribution in [3.8, 4) is 0 Å². The minimum Gasteiger partial charge on any atom is -0.376 e. The summed E-state index contributed by atoms with van der Waals surface area (Å²) in [6.45, 7) is 13.3. The van der Waals surface area contributed by atoms with Gasteiger partial charge in [0.2, 0.25) is 0 Å². The van der Waals surface area contributed by atoms with Crippen molar-refractivity contribution in [2.75, 3.05) is 6.61 Å². The molecule has 0 bridgehead atoms. The van der Waals surface area contributed by atoms with Gasteiger partial charge in [-0.15, -0.1) is 0 Å². The fourth-order valence-corrected chi connectivity index (χ4v) is 1.47. The Morgan fingerprint density at radius 2 is 1.62 bits per heavy atom. The lowest BCUT2D eigenvalue weighted by Crippen LogP contribution is -2.26. The van der Waals surface area contributed by atoms with Gasteiger partial charge in [-0.05, 0) is 45.4 Å². The van der Waals surface area contributed by atoms with E-state index in [4.69, 9.17) is 4.74 Å². The van der Waals surface area contributed by atoms with E-state index >= 15 is 0 Å². The van der Waals surface area contributed by atoms with E-state index in [1.54, 1.807) is 6.92 Å². The van der Waals surface area contributed by atoms with E-state index in [0.29, 0.717) is 11.8 Å². The van der Waals surface area contributed by atoms with E-state index in [0.717, 1.165) is 25.9 Å². The molecule has 0 saturated heterocycles. The highest BCUT2D eigenvalue weighted by Gasteiger charge is 2.19.